The van der Waals surface area contributed by atoms with E-state index < -0.39 is 0 Å². The first-order chi connectivity index (χ1) is 13.2. The van der Waals surface area contributed by atoms with Crippen LogP contribution in [0, 0.1) is 12.8 Å². The van der Waals surface area contributed by atoms with Gasteiger partial charge in [0.1, 0.15) is 5.01 Å². The predicted octanol–water partition coefficient (Wildman–Crippen LogP) is 3.67. The minimum atomic E-state index is 0.121. The normalized spacial score (nSPS) is 24.9. The lowest BCUT2D eigenvalue weighted by Crippen LogP contribution is -2.37. The molecule has 0 bridgehead atoms. The van der Waals surface area contributed by atoms with Crippen molar-refractivity contribution >= 4 is 29.0 Å². The van der Waals surface area contributed by atoms with Crippen LogP contribution in [0.15, 0.2) is 34.7 Å². The summed E-state index contributed by atoms with van der Waals surface area (Å²) in [7, 11) is 0. The summed E-state index contributed by atoms with van der Waals surface area (Å²) in [6, 6.07) is 11.5. The number of carbonyl (C=O) groups excluding carboxylic acids is 1. The van der Waals surface area contributed by atoms with E-state index in [0.717, 1.165) is 47.5 Å². The average Bonchev–Trinajstić information content (AvgIpc) is 3.38. The number of carbonyl (C=O) groups is 1. The lowest BCUT2D eigenvalue weighted by Gasteiger charge is -2.24. The summed E-state index contributed by atoms with van der Waals surface area (Å²) in [4.78, 5) is 15.4. The Morgan fingerprint density at radius 2 is 2.19 bits per heavy atom. The molecule has 1 aromatic carbocycles. The van der Waals surface area contributed by atoms with Crippen LogP contribution in [-0.2, 0) is 4.79 Å². The van der Waals surface area contributed by atoms with Gasteiger partial charge in [0.15, 0.2) is 4.34 Å². The average molecular weight is 403 g/mol. The molecule has 2 fully saturated rings. The molecule has 1 aromatic heterocycles. The van der Waals surface area contributed by atoms with Crippen LogP contribution >= 0.6 is 23.1 Å². The van der Waals surface area contributed by atoms with Crippen molar-refractivity contribution in [1.82, 2.24) is 20.4 Å². The van der Waals surface area contributed by atoms with E-state index in [9.17, 15) is 4.79 Å². The van der Waals surface area contributed by atoms with Crippen molar-refractivity contribution in [3.8, 4) is 0 Å². The highest BCUT2D eigenvalue weighted by Gasteiger charge is 2.46. The molecule has 2 saturated heterocycles. The Morgan fingerprint density at radius 1 is 1.33 bits per heavy atom. The Kier molecular flexibility index (Phi) is 6.10. The van der Waals surface area contributed by atoms with Gasteiger partial charge in [-0.2, -0.15) is 0 Å². The summed E-state index contributed by atoms with van der Waals surface area (Å²) in [6.45, 7) is 3.83. The van der Waals surface area contributed by atoms with Gasteiger partial charge in [-0.3, -0.25) is 9.69 Å². The third-order valence-electron chi connectivity index (χ3n) is 5.56. The number of nitrogens with one attached hydrogen (secondary N) is 1. The molecular weight excluding hydrogens is 376 g/mol. The van der Waals surface area contributed by atoms with Crippen molar-refractivity contribution in [3.05, 3.63) is 40.9 Å². The molecule has 0 unspecified atom stereocenters. The molecule has 2 aliphatic rings. The number of benzene rings is 1. The first-order valence-electron chi connectivity index (χ1n) is 9.73. The number of nitrogens with zero attached hydrogens (tertiary/aromatic N) is 3. The Bertz CT molecular complexity index is 766. The molecule has 144 valence electrons. The molecule has 3 heterocycles. The molecule has 5 nitrogen and oxygen atoms in total. The van der Waals surface area contributed by atoms with E-state index in [4.69, 9.17) is 0 Å². The van der Waals surface area contributed by atoms with E-state index in [1.165, 1.54) is 12.0 Å². The third kappa shape index (κ3) is 4.36. The SMILES string of the molecule is Cc1nnc(SCCCNC(=O)[C@H]2C[C@@H](c3ccccc3)N3CCC[C@H]23)s1. The van der Waals surface area contributed by atoms with E-state index in [-0.39, 0.29) is 11.8 Å². The minimum absolute atomic E-state index is 0.121. The molecule has 4 rings (SSSR count). The molecule has 0 spiro atoms. The quantitative estimate of drug-likeness (QED) is 0.566. The monoisotopic (exact) mass is 402 g/mol. The second-order valence-electron chi connectivity index (χ2n) is 7.30. The molecule has 0 radical (unpaired) electrons. The lowest BCUT2D eigenvalue weighted by molar-refractivity contribution is -0.125. The summed E-state index contributed by atoms with van der Waals surface area (Å²) < 4.78 is 1.02. The molecule has 2 aliphatic heterocycles. The van der Waals surface area contributed by atoms with Crippen LogP contribution in [-0.4, -0.2) is 45.9 Å². The maximum Gasteiger partial charge on any atom is 0.224 e. The van der Waals surface area contributed by atoms with Gasteiger partial charge in [0.05, 0.1) is 5.92 Å². The fourth-order valence-electron chi connectivity index (χ4n) is 4.36. The number of rotatable bonds is 7. The first-order valence-corrected chi connectivity index (χ1v) is 11.5. The summed E-state index contributed by atoms with van der Waals surface area (Å²) in [5, 5.41) is 12.3. The van der Waals surface area contributed by atoms with Crippen molar-refractivity contribution in [2.45, 2.75) is 49.0 Å². The molecular formula is C20H26N4OS2. The van der Waals surface area contributed by atoms with Gasteiger partial charge < -0.3 is 5.32 Å². The summed E-state index contributed by atoms with van der Waals surface area (Å²) >= 11 is 3.35. The summed E-state index contributed by atoms with van der Waals surface area (Å²) in [6.07, 6.45) is 4.25. The Hall–Kier alpha value is -1.44. The maximum absolute atomic E-state index is 12.8. The van der Waals surface area contributed by atoms with Crippen LogP contribution in [0.3, 0.4) is 0 Å². The van der Waals surface area contributed by atoms with E-state index >= 15 is 0 Å². The Labute approximate surface area is 168 Å². The second-order valence-corrected chi connectivity index (χ2v) is 9.82. The number of amides is 1. The topological polar surface area (TPSA) is 58.1 Å². The van der Waals surface area contributed by atoms with Crippen LogP contribution in [0.25, 0.3) is 0 Å². The van der Waals surface area contributed by atoms with E-state index in [2.05, 4.69) is 50.7 Å². The summed E-state index contributed by atoms with van der Waals surface area (Å²) in [5.74, 6) is 1.32. The van der Waals surface area contributed by atoms with Crippen molar-refractivity contribution in [2.24, 2.45) is 5.92 Å². The number of fused-ring (bicyclic) bond motifs is 1. The van der Waals surface area contributed by atoms with Crippen LogP contribution < -0.4 is 5.32 Å². The van der Waals surface area contributed by atoms with Gasteiger partial charge in [0.2, 0.25) is 5.91 Å². The van der Waals surface area contributed by atoms with E-state index in [1.54, 1.807) is 23.1 Å². The minimum Gasteiger partial charge on any atom is -0.356 e. The summed E-state index contributed by atoms with van der Waals surface area (Å²) in [5.41, 5.74) is 1.35. The Morgan fingerprint density at radius 3 is 2.96 bits per heavy atom. The van der Waals surface area contributed by atoms with E-state index in [0.29, 0.717) is 12.1 Å². The zero-order chi connectivity index (χ0) is 18.6. The highest BCUT2D eigenvalue weighted by Crippen LogP contribution is 2.44. The van der Waals surface area contributed by atoms with Gasteiger partial charge in [-0.15, -0.1) is 10.2 Å². The number of hydrogen-bond donors (Lipinski definition) is 1. The number of thioether (sulfide) groups is 1. The largest absolute Gasteiger partial charge is 0.356 e. The fraction of sp³-hybridized carbons (Fsp3) is 0.550. The van der Waals surface area contributed by atoms with Crippen LogP contribution in [0.2, 0.25) is 0 Å². The number of aromatic nitrogens is 2. The smallest absolute Gasteiger partial charge is 0.224 e. The van der Waals surface area contributed by atoms with E-state index in [1.807, 2.05) is 6.92 Å². The maximum atomic E-state index is 12.8. The highest BCUT2D eigenvalue weighted by molar-refractivity contribution is 8.01. The van der Waals surface area contributed by atoms with Crippen molar-refractivity contribution in [1.29, 1.82) is 0 Å². The number of hydrogen-bond acceptors (Lipinski definition) is 6. The van der Waals surface area contributed by atoms with Crippen LogP contribution in [0.1, 0.15) is 42.3 Å². The van der Waals surface area contributed by atoms with Gasteiger partial charge in [-0.05, 0) is 44.7 Å². The Balaban J connectivity index is 1.27. The molecule has 1 amide bonds. The van der Waals surface area contributed by atoms with Gasteiger partial charge in [0.25, 0.3) is 0 Å². The van der Waals surface area contributed by atoms with Gasteiger partial charge >= 0.3 is 0 Å². The lowest BCUT2D eigenvalue weighted by atomic mass is 9.93. The van der Waals surface area contributed by atoms with Gasteiger partial charge in [-0.25, -0.2) is 0 Å². The predicted molar refractivity (Wildman–Crippen MR) is 110 cm³/mol. The fourth-order valence-corrected chi connectivity index (χ4v) is 6.19. The zero-order valence-electron chi connectivity index (χ0n) is 15.6. The molecule has 27 heavy (non-hydrogen) atoms. The molecule has 0 saturated carbocycles. The number of aryl methyl sites for hydroxylation is 1. The first kappa shape index (κ1) is 18.9. The third-order valence-corrected chi connectivity index (χ3v) is 7.62. The van der Waals surface area contributed by atoms with Crippen molar-refractivity contribution < 1.29 is 4.79 Å². The highest BCUT2D eigenvalue weighted by atomic mass is 32.2. The van der Waals surface area contributed by atoms with Gasteiger partial charge in [-0.1, -0.05) is 53.4 Å². The molecule has 1 N–H and O–H groups in total. The van der Waals surface area contributed by atoms with Crippen LogP contribution in [0.4, 0.5) is 0 Å². The van der Waals surface area contributed by atoms with Crippen LogP contribution in [0.5, 0.6) is 0 Å². The van der Waals surface area contributed by atoms with Crippen molar-refractivity contribution in [2.75, 3.05) is 18.8 Å². The van der Waals surface area contributed by atoms with Gasteiger partial charge in [0, 0.05) is 24.4 Å². The molecule has 3 atom stereocenters. The second kappa shape index (κ2) is 8.71. The molecule has 0 aliphatic carbocycles. The zero-order valence-corrected chi connectivity index (χ0v) is 17.3. The standard InChI is InChI=1S/C20H26N4OS2/c1-14-22-23-20(27-14)26-12-6-10-21-19(25)16-13-18(15-7-3-2-4-8-15)24-11-5-9-17(16)24/h2-4,7-8,16-18H,5-6,9-13H2,1H3,(H,21,25)/t16-,17+,18-/m0/s1. The molecule has 2 aromatic rings. The molecule has 7 heteroatoms. The van der Waals surface area contributed by atoms with Crippen molar-refractivity contribution in [3.63, 3.8) is 0 Å².